The van der Waals surface area contributed by atoms with E-state index in [4.69, 9.17) is 4.74 Å². The number of H-pyrrole nitrogens is 1. The maximum Gasteiger partial charge on any atom is 0.273 e. The Balaban J connectivity index is 1.55. The number of hydrogen-bond donors (Lipinski definition) is 2. The maximum absolute atomic E-state index is 15.4. The minimum atomic E-state index is -4.84. The van der Waals surface area contributed by atoms with E-state index in [-0.39, 0.29) is 16.6 Å². The lowest BCUT2D eigenvalue weighted by Crippen LogP contribution is -2.17. The molecule has 0 unspecified atom stereocenters. The summed E-state index contributed by atoms with van der Waals surface area (Å²) in [5.41, 5.74) is -0.799. The van der Waals surface area contributed by atoms with Crippen molar-refractivity contribution >= 4 is 43.9 Å². The molecule has 0 saturated carbocycles. The van der Waals surface area contributed by atoms with Gasteiger partial charge in [0.15, 0.2) is 5.82 Å². The lowest BCUT2D eigenvalue weighted by Gasteiger charge is -2.12. The van der Waals surface area contributed by atoms with E-state index in [1.54, 1.807) is 16.2 Å². The molecule has 0 fully saturated rings. The van der Waals surface area contributed by atoms with E-state index in [1.807, 2.05) is 0 Å². The van der Waals surface area contributed by atoms with Crippen molar-refractivity contribution in [3.05, 3.63) is 88.6 Å². The molecular weight excluding hydrogens is 548 g/mol. The third kappa shape index (κ3) is 4.48. The molecule has 14 heteroatoms. The van der Waals surface area contributed by atoms with Gasteiger partial charge in [0, 0.05) is 34.3 Å². The number of hydrogen-bond acceptors (Lipinski definition) is 7. The van der Waals surface area contributed by atoms with Gasteiger partial charge >= 0.3 is 0 Å². The van der Waals surface area contributed by atoms with E-state index in [2.05, 4.69) is 15.0 Å². The van der Waals surface area contributed by atoms with Crippen LogP contribution in [0.25, 0.3) is 22.3 Å². The fraction of sp³-hybridized carbons (Fsp3) is 0.0417. The quantitative estimate of drug-likeness (QED) is 0.206. The molecule has 2 N–H and O–H groups in total. The summed E-state index contributed by atoms with van der Waals surface area (Å²) < 4.78 is 89.7. The molecule has 0 bridgehead atoms. The number of thiazole rings is 1. The molecule has 5 rings (SSSR count). The fourth-order valence-corrected chi connectivity index (χ4v) is 5.47. The minimum Gasteiger partial charge on any atom is -0.473 e. The van der Waals surface area contributed by atoms with Crippen molar-refractivity contribution in [3.63, 3.8) is 0 Å². The molecule has 38 heavy (non-hydrogen) atoms. The van der Waals surface area contributed by atoms with Gasteiger partial charge in [0.05, 0.1) is 24.1 Å². The number of aromatic nitrogens is 3. The highest BCUT2D eigenvalue weighted by molar-refractivity contribution is 7.92. The molecule has 0 aliphatic carbocycles. The number of halogens is 4. The Morgan fingerprint density at radius 3 is 2.58 bits per heavy atom. The SMILES string of the molecule is COc1nc(-c2cnc3[nH]cc(C(=O)c4c(F)ccc(NS(=O)(=O)c5cc(F)ccc5F)c4F)c3c2)cs1. The van der Waals surface area contributed by atoms with Crippen LogP contribution in [0.3, 0.4) is 0 Å². The second kappa shape index (κ2) is 9.54. The first kappa shape index (κ1) is 25.4. The van der Waals surface area contributed by atoms with Crippen LogP contribution in [0.5, 0.6) is 5.19 Å². The molecule has 0 amide bonds. The van der Waals surface area contributed by atoms with Gasteiger partial charge in [0.1, 0.15) is 28.0 Å². The summed E-state index contributed by atoms with van der Waals surface area (Å²) in [6, 6.07) is 4.64. The summed E-state index contributed by atoms with van der Waals surface area (Å²) in [4.78, 5) is 23.4. The topological polar surface area (TPSA) is 114 Å². The van der Waals surface area contributed by atoms with Crippen molar-refractivity contribution < 1.29 is 35.5 Å². The zero-order chi connectivity index (χ0) is 27.2. The predicted octanol–water partition coefficient (Wildman–Crippen LogP) is 5.28. The number of anilines is 1. The van der Waals surface area contributed by atoms with Crippen LogP contribution in [0.4, 0.5) is 23.2 Å². The summed E-state index contributed by atoms with van der Waals surface area (Å²) in [6.45, 7) is 0. The number of aromatic amines is 1. The molecule has 3 heterocycles. The first-order valence-corrected chi connectivity index (χ1v) is 12.9. The molecule has 5 aromatic rings. The number of methoxy groups -OCH3 is 1. The van der Waals surface area contributed by atoms with Gasteiger partial charge in [-0.1, -0.05) is 11.3 Å². The predicted molar refractivity (Wildman–Crippen MR) is 131 cm³/mol. The van der Waals surface area contributed by atoms with Crippen LogP contribution in [0.2, 0.25) is 0 Å². The standard InChI is InChI=1S/C24H14F4N4O4S2/c1-36-24-31-18(10-37-24)11-6-13-14(9-30-23(13)29-8-11)22(33)20-16(27)4-5-17(21(20)28)32-38(34,35)19-7-12(25)2-3-15(19)26/h2-10,32H,1H3,(H,29,30). The highest BCUT2D eigenvalue weighted by Crippen LogP contribution is 2.31. The van der Waals surface area contributed by atoms with Crippen LogP contribution in [0.1, 0.15) is 15.9 Å². The Hall–Kier alpha value is -4.30. The van der Waals surface area contributed by atoms with E-state index < -0.39 is 55.2 Å². The molecule has 2 aromatic carbocycles. The van der Waals surface area contributed by atoms with Crippen LogP contribution in [-0.2, 0) is 10.0 Å². The molecule has 0 atom stereocenters. The highest BCUT2D eigenvalue weighted by Gasteiger charge is 2.28. The molecule has 3 aromatic heterocycles. The van der Waals surface area contributed by atoms with Crippen LogP contribution in [0.15, 0.2) is 59.1 Å². The van der Waals surface area contributed by atoms with E-state index in [1.165, 1.54) is 30.8 Å². The molecule has 0 spiro atoms. The maximum atomic E-state index is 15.4. The third-order valence-electron chi connectivity index (χ3n) is 5.47. The van der Waals surface area contributed by atoms with E-state index in [9.17, 15) is 26.4 Å². The normalized spacial score (nSPS) is 11.6. The molecule has 8 nitrogen and oxygen atoms in total. The lowest BCUT2D eigenvalue weighted by molar-refractivity contribution is 0.103. The number of pyridine rings is 1. The summed E-state index contributed by atoms with van der Waals surface area (Å²) in [6.07, 6.45) is 2.70. The Labute approximate surface area is 216 Å². The van der Waals surface area contributed by atoms with Gasteiger partial charge < -0.3 is 9.72 Å². The molecular formula is C24H14F4N4O4S2. The number of fused-ring (bicyclic) bond motifs is 1. The van der Waals surface area contributed by atoms with Crippen molar-refractivity contribution in [3.8, 4) is 16.5 Å². The fourth-order valence-electron chi connectivity index (χ4n) is 3.67. The van der Waals surface area contributed by atoms with Crippen LogP contribution < -0.4 is 9.46 Å². The molecule has 194 valence electrons. The van der Waals surface area contributed by atoms with E-state index in [0.29, 0.717) is 40.7 Å². The van der Waals surface area contributed by atoms with Crippen molar-refractivity contribution in [2.75, 3.05) is 11.8 Å². The minimum absolute atomic E-state index is 0.148. The largest absolute Gasteiger partial charge is 0.473 e. The van der Waals surface area contributed by atoms with E-state index >= 15 is 4.39 Å². The summed E-state index contributed by atoms with van der Waals surface area (Å²) in [5, 5.41) is 2.32. The monoisotopic (exact) mass is 562 g/mol. The number of nitrogens with one attached hydrogen (secondary N) is 2. The van der Waals surface area contributed by atoms with Crippen molar-refractivity contribution in [1.82, 2.24) is 15.0 Å². The molecule has 0 aliphatic heterocycles. The summed E-state index contributed by atoms with van der Waals surface area (Å²) in [5.74, 6) is -6.27. The van der Waals surface area contributed by atoms with Gasteiger partial charge in [-0.25, -0.2) is 35.9 Å². The van der Waals surface area contributed by atoms with Crippen LogP contribution in [-0.4, -0.2) is 36.3 Å². The number of ether oxygens (including phenoxy) is 1. The Morgan fingerprint density at radius 2 is 1.84 bits per heavy atom. The Morgan fingerprint density at radius 1 is 1.08 bits per heavy atom. The second-order valence-corrected chi connectivity index (χ2v) is 10.3. The smallest absolute Gasteiger partial charge is 0.273 e. The van der Waals surface area contributed by atoms with Gasteiger partial charge in [-0.3, -0.25) is 9.52 Å². The Bertz CT molecular complexity index is 1840. The second-order valence-electron chi connectivity index (χ2n) is 7.82. The molecule has 0 aliphatic rings. The van der Waals surface area contributed by atoms with Gasteiger partial charge in [0.2, 0.25) is 5.78 Å². The van der Waals surface area contributed by atoms with Crippen molar-refractivity contribution in [2.24, 2.45) is 0 Å². The molecule has 0 radical (unpaired) electrons. The molecule has 0 saturated heterocycles. The average molecular weight is 563 g/mol. The van der Waals surface area contributed by atoms with Crippen molar-refractivity contribution in [2.45, 2.75) is 4.90 Å². The average Bonchev–Trinajstić information content (AvgIpc) is 3.54. The van der Waals surface area contributed by atoms with Gasteiger partial charge in [-0.05, 0) is 36.4 Å². The van der Waals surface area contributed by atoms with E-state index in [0.717, 1.165) is 6.07 Å². The van der Waals surface area contributed by atoms with Crippen LogP contribution >= 0.6 is 11.3 Å². The number of ketones is 1. The van der Waals surface area contributed by atoms with Crippen molar-refractivity contribution in [1.29, 1.82) is 0 Å². The van der Waals surface area contributed by atoms with Gasteiger partial charge in [-0.15, -0.1) is 0 Å². The number of benzene rings is 2. The van der Waals surface area contributed by atoms with Gasteiger partial charge in [0.25, 0.3) is 15.2 Å². The number of carbonyl (C=O) groups is 1. The first-order chi connectivity index (χ1) is 18.1. The number of rotatable bonds is 7. The zero-order valence-electron chi connectivity index (χ0n) is 19.1. The highest BCUT2D eigenvalue weighted by atomic mass is 32.2. The number of carbonyl (C=O) groups excluding carboxylic acids is 1. The third-order valence-corrected chi connectivity index (χ3v) is 7.66. The summed E-state index contributed by atoms with van der Waals surface area (Å²) >= 11 is 1.23. The number of nitrogens with zero attached hydrogens (tertiary/aromatic N) is 2. The Kier molecular flexibility index (Phi) is 6.36. The van der Waals surface area contributed by atoms with Gasteiger partial charge in [-0.2, -0.15) is 0 Å². The summed E-state index contributed by atoms with van der Waals surface area (Å²) in [7, 11) is -3.38. The number of sulfonamides is 1. The first-order valence-electron chi connectivity index (χ1n) is 10.6. The lowest BCUT2D eigenvalue weighted by atomic mass is 10.0. The van der Waals surface area contributed by atoms with Crippen LogP contribution in [0, 0.1) is 23.3 Å². The zero-order valence-corrected chi connectivity index (χ0v) is 20.7.